The maximum Gasteiger partial charge on any atom is 0.573 e. The lowest BCUT2D eigenvalue weighted by atomic mass is 9.98. The normalized spacial score (nSPS) is 13.5. The van der Waals surface area contributed by atoms with Gasteiger partial charge in [0.05, 0.1) is 26.1 Å². The van der Waals surface area contributed by atoms with Crippen LogP contribution in [0, 0.1) is 0 Å². The molecule has 1 aliphatic rings. The van der Waals surface area contributed by atoms with Crippen LogP contribution in [0.1, 0.15) is 22.4 Å². The molecule has 11 heteroatoms. The summed E-state index contributed by atoms with van der Waals surface area (Å²) in [6.45, 7) is 2.94. The molecule has 8 nitrogen and oxygen atoms in total. The van der Waals surface area contributed by atoms with Gasteiger partial charge in [-0.1, -0.05) is 17.3 Å². The van der Waals surface area contributed by atoms with Crippen LogP contribution < -0.4 is 18.9 Å². The molecule has 0 saturated heterocycles. The van der Waals surface area contributed by atoms with Crippen molar-refractivity contribution in [3.8, 4) is 28.7 Å². The third kappa shape index (κ3) is 6.84. The predicted octanol–water partition coefficient (Wildman–Crippen LogP) is 5.36. The van der Waals surface area contributed by atoms with E-state index in [-0.39, 0.29) is 12.4 Å². The smallest absolute Gasteiger partial charge is 0.493 e. The molecule has 2 heterocycles. The number of aromatic nitrogens is 3. The Balaban J connectivity index is 1.12. The fraction of sp³-hybridized carbons (Fsp3) is 0.310. The molecule has 0 saturated carbocycles. The highest BCUT2D eigenvalue weighted by molar-refractivity contribution is 5.48. The number of ether oxygens (including phenoxy) is 4. The first-order chi connectivity index (χ1) is 19.3. The second kappa shape index (κ2) is 11.9. The van der Waals surface area contributed by atoms with Crippen LogP contribution in [0.5, 0.6) is 23.0 Å². The summed E-state index contributed by atoms with van der Waals surface area (Å²) >= 11 is 0. The zero-order valence-corrected chi connectivity index (χ0v) is 22.1. The third-order valence-electron chi connectivity index (χ3n) is 6.70. The van der Waals surface area contributed by atoms with Crippen molar-refractivity contribution in [2.75, 3.05) is 27.3 Å². The highest BCUT2D eigenvalue weighted by Crippen LogP contribution is 2.33. The molecule has 0 atom stereocenters. The molecular weight excluding hydrogens is 525 g/mol. The maximum absolute atomic E-state index is 12.3. The lowest BCUT2D eigenvalue weighted by Gasteiger charge is -2.29. The molecular formula is C29H29F3N4O4. The van der Waals surface area contributed by atoms with Gasteiger partial charge in [-0.15, -0.1) is 18.3 Å². The van der Waals surface area contributed by atoms with Crippen molar-refractivity contribution < 1.29 is 32.1 Å². The van der Waals surface area contributed by atoms with Crippen LogP contribution in [0.2, 0.25) is 0 Å². The van der Waals surface area contributed by atoms with Gasteiger partial charge < -0.3 is 18.9 Å². The molecule has 0 bridgehead atoms. The number of rotatable bonds is 10. The van der Waals surface area contributed by atoms with Gasteiger partial charge in [0.25, 0.3) is 0 Å². The zero-order chi connectivity index (χ0) is 28.1. The lowest BCUT2D eigenvalue weighted by molar-refractivity contribution is -0.274. The average molecular weight is 555 g/mol. The van der Waals surface area contributed by atoms with Crippen molar-refractivity contribution in [2.24, 2.45) is 0 Å². The first kappa shape index (κ1) is 27.3. The van der Waals surface area contributed by atoms with Gasteiger partial charge in [-0.3, -0.25) is 4.90 Å². The van der Waals surface area contributed by atoms with E-state index in [2.05, 4.69) is 44.2 Å². The molecule has 5 rings (SSSR count). The molecule has 0 spiro atoms. The summed E-state index contributed by atoms with van der Waals surface area (Å²) in [6.07, 6.45) is -1.08. The summed E-state index contributed by atoms with van der Waals surface area (Å²) in [6, 6.07) is 17.5. The molecule has 0 fully saturated rings. The fourth-order valence-corrected chi connectivity index (χ4v) is 4.62. The van der Waals surface area contributed by atoms with E-state index in [1.807, 2.05) is 12.1 Å². The van der Waals surface area contributed by atoms with Crippen molar-refractivity contribution >= 4 is 0 Å². The predicted molar refractivity (Wildman–Crippen MR) is 141 cm³/mol. The number of hydrogen-bond acceptors (Lipinski definition) is 7. The Morgan fingerprint density at radius 3 is 2.23 bits per heavy atom. The Bertz CT molecular complexity index is 1420. The van der Waals surface area contributed by atoms with E-state index in [4.69, 9.17) is 14.2 Å². The molecule has 1 aromatic heterocycles. The van der Waals surface area contributed by atoms with E-state index >= 15 is 0 Å². The minimum Gasteiger partial charge on any atom is -0.493 e. The largest absolute Gasteiger partial charge is 0.573 e. The molecule has 0 radical (unpaired) electrons. The highest BCUT2D eigenvalue weighted by atomic mass is 19.4. The Hall–Kier alpha value is -4.25. The number of halogens is 3. The Morgan fingerprint density at radius 2 is 1.55 bits per heavy atom. The van der Waals surface area contributed by atoms with Crippen LogP contribution in [0.3, 0.4) is 0 Å². The number of fused-ring (bicyclic) bond motifs is 1. The van der Waals surface area contributed by atoms with E-state index in [9.17, 15) is 13.2 Å². The van der Waals surface area contributed by atoms with Crippen LogP contribution in [-0.4, -0.2) is 53.6 Å². The van der Waals surface area contributed by atoms with E-state index < -0.39 is 6.36 Å². The molecule has 0 unspecified atom stereocenters. The number of alkyl halides is 3. The molecule has 4 aromatic rings. The van der Waals surface area contributed by atoms with Crippen LogP contribution >= 0.6 is 0 Å². The quantitative estimate of drug-likeness (QED) is 0.261. The summed E-state index contributed by atoms with van der Waals surface area (Å²) in [5.74, 6) is 1.62. The summed E-state index contributed by atoms with van der Waals surface area (Å²) in [4.78, 5) is 2.45. The standard InChI is InChI=1S/C29H29F3N4O4/c1-37-27-15-21-12-14-35(17-22(21)16-28(27)38-2)13-11-20-3-5-24(6-4-20)36-18-23(33-34-36)19-39-25-7-9-26(10-8-25)40-29(30,31)32/h3-10,15-16,18H,11-14,17,19H2,1-2H3. The van der Waals surface area contributed by atoms with Crippen molar-refractivity contribution in [1.29, 1.82) is 0 Å². The maximum atomic E-state index is 12.3. The summed E-state index contributed by atoms with van der Waals surface area (Å²) in [5.41, 5.74) is 5.26. The van der Waals surface area contributed by atoms with E-state index in [1.165, 1.54) is 41.0 Å². The molecule has 3 aromatic carbocycles. The number of methoxy groups -OCH3 is 2. The van der Waals surface area contributed by atoms with Gasteiger partial charge in [0, 0.05) is 19.6 Å². The van der Waals surface area contributed by atoms with E-state index in [0.717, 1.165) is 49.7 Å². The van der Waals surface area contributed by atoms with Gasteiger partial charge in [0.2, 0.25) is 0 Å². The first-order valence-corrected chi connectivity index (χ1v) is 12.7. The molecule has 0 amide bonds. The Kier molecular flexibility index (Phi) is 8.11. The average Bonchev–Trinajstić information content (AvgIpc) is 3.43. The molecule has 0 aliphatic carbocycles. The van der Waals surface area contributed by atoms with Gasteiger partial charge in [0.1, 0.15) is 23.8 Å². The van der Waals surface area contributed by atoms with Crippen molar-refractivity contribution in [3.05, 3.63) is 89.2 Å². The molecule has 210 valence electrons. The zero-order valence-electron chi connectivity index (χ0n) is 22.1. The number of benzene rings is 3. The van der Waals surface area contributed by atoms with Crippen LogP contribution in [0.15, 0.2) is 66.9 Å². The van der Waals surface area contributed by atoms with Crippen molar-refractivity contribution in [2.45, 2.75) is 32.4 Å². The SMILES string of the molecule is COc1cc2c(cc1OC)CN(CCc1ccc(-n3cc(COc4ccc(OC(F)(F)F)cc4)nn3)cc1)CC2. The highest BCUT2D eigenvalue weighted by Gasteiger charge is 2.31. The summed E-state index contributed by atoms with van der Waals surface area (Å²) in [7, 11) is 3.32. The Morgan fingerprint density at radius 1 is 0.875 bits per heavy atom. The summed E-state index contributed by atoms with van der Waals surface area (Å²) in [5, 5.41) is 8.29. The lowest BCUT2D eigenvalue weighted by Crippen LogP contribution is -2.32. The second-order valence-corrected chi connectivity index (χ2v) is 9.38. The number of hydrogen-bond donors (Lipinski definition) is 0. The second-order valence-electron chi connectivity index (χ2n) is 9.38. The monoisotopic (exact) mass is 554 g/mol. The molecule has 40 heavy (non-hydrogen) atoms. The van der Waals surface area contributed by atoms with Crippen molar-refractivity contribution in [1.82, 2.24) is 19.9 Å². The number of nitrogens with zero attached hydrogens (tertiary/aromatic N) is 4. The van der Waals surface area contributed by atoms with Gasteiger partial charge in [0.15, 0.2) is 11.5 Å². The van der Waals surface area contributed by atoms with Crippen LogP contribution in [0.4, 0.5) is 13.2 Å². The van der Waals surface area contributed by atoms with Crippen LogP contribution in [-0.2, 0) is 26.0 Å². The third-order valence-corrected chi connectivity index (χ3v) is 6.70. The minimum atomic E-state index is -4.73. The molecule has 1 aliphatic heterocycles. The van der Waals surface area contributed by atoms with Crippen molar-refractivity contribution in [3.63, 3.8) is 0 Å². The van der Waals surface area contributed by atoms with E-state index in [1.54, 1.807) is 25.1 Å². The molecule has 0 N–H and O–H groups in total. The van der Waals surface area contributed by atoms with E-state index in [0.29, 0.717) is 11.4 Å². The fourth-order valence-electron chi connectivity index (χ4n) is 4.62. The van der Waals surface area contributed by atoms with Crippen LogP contribution in [0.25, 0.3) is 5.69 Å². The first-order valence-electron chi connectivity index (χ1n) is 12.7. The van der Waals surface area contributed by atoms with Gasteiger partial charge >= 0.3 is 6.36 Å². The minimum absolute atomic E-state index is 0.120. The summed E-state index contributed by atoms with van der Waals surface area (Å²) < 4.78 is 58.9. The van der Waals surface area contributed by atoms with Gasteiger partial charge in [-0.05, 0) is 78.1 Å². The Labute approximate surface area is 229 Å². The van der Waals surface area contributed by atoms with Gasteiger partial charge in [-0.25, -0.2) is 4.68 Å². The topological polar surface area (TPSA) is 70.9 Å². The van der Waals surface area contributed by atoms with Gasteiger partial charge in [-0.2, -0.15) is 0 Å².